The Hall–Kier alpha value is -1.92. The molecule has 0 spiro atoms. The molecule has 7 heteroatoms. The van der Waals surface area contributed by atoms with Crippen LogP contribution in [0.1, 0.15) is 36.8 Å². The average molecular weight is 287 g/mol. The molecule has 0 saturated heterocycles. The predicted octanol–water partition coefficient (Wildman–Crippen LogP) is 3.32. The van der Waals surface area contributed by atoms with Gasteiger partial charge in [0.2, 0.25) is 5.78 Å². The van der Waals surface area contributed by atoms with Crippen LogP contribution in [0.25, 0.3) is 0 Å². The molecule has 1 atom stereocenters. The van der Waals surface area contributed by atoms with Crippen LogP contribution >= 0.6 is 0 Å². The van der Waals surface area contributed by atoms with E-state index in [0.29, 0.717) is 12.8 Å². The Morgan fingerprint density at radius 1 is 1.15 bits per heavy atom. The minimum Gasteiger partial charge on any atom is -0.291 e. The van der Waals surface area contributed by atoms with Crippen molar-refractivity contribution in [3.05, 3.63) is 45.5 Å². The summed E-state index contributed by atoms with van der Waals surface area (Å²) < 4.78 is 37.5. The zero-order chi connectivity index (χ0) is 15.0. The number of nitrogens with zero attached hydrogens (tertiary/aromatic N) is 1. The molecular weight excluding hydrogens is 275 g/mol. The third-order valence-corrected chi connectivity index (χ3v) is 3.66. The van der Waals surface area contributed by atoms with Gasteiger partial charge in [0, 0.05) is 23.3 Å². The van der Waals surface area contributed by atoms with Crippen molar-refractivity contribution >= 4 is 5.78 Å². The molecule has 0 bridgehead atoms. The summed E-state index contributed by atoms with van der Waals surface area (Å²) in [6.07, 6.45) is -3.30. The second kappa shape index (κ2) is 4.88. The van der Waals surface area contributed by atoms with Crippen LogP contribution < -0.4 is 0 Å². The lowest BCUT2D eigenvalue weighted by atomic mass is 9.76. The molecule has 1 saturated carbocycles. The van der Waals surface area contributed by atoms with Crippen LogP contribution in [-0.4, -0.2) is 10.7 Å². The summed E-state index contributed by atoms with van der Waals surface area (Å²) in [4.78, 5) is 22.6. The molecule has 0 aromatic heterocycles. The highest BCUT2D eigenvalue weighted by molar-refractivity contribution is 5.89. The number of hydrogen-bond donors (Lipinski definition) is 0. The van der Waals surface area contributed by atoms with E-state index >= 15 is 0 Å². The predicted molar refractivity (Wildman–Crippen MR) is 63.6 cm³/mol. The topological polar surface area (TPSA) is 60.2 Å². The van der Waals surface area contributed by atoms with Crippen molar-refractivity contribution in [2.45, 2.75) is 37.4 Å². The van der Waals surface area contributed by atoms with Gasteiger partial charge in [-0.05, 0) is 25.0 Å². The maximum Gasteiger partial charge on any atom is 0.416 e. The molecule has 0 amide bonds. The highest BCUT2D eigenvalue weighted by Gasteiger charge is 2.53. The molecule has 2 rings (SSSR count). The molecule has 108 valence electrons. The van der Waals surface area contributed by atoms with E-state index in [9.17, 15) is 28.1 Å². The first-order valence-corrected chi connectivity index (χ1v) is 6.14. The third kappa shape index (κ3) is 2.28. The van der Waals surface area contributed by atoms with Crippen molar-refractivity contribution < 1.29 is 22.9 Å². The van der Waals surface area contributed by atoms with Crippen molar-refractivity contribution in [3.63, 3.8) is 0 Å². The van der Waals surface area contributed by atoms with Gasteiger partial charge in [-0.25, -0.2) is 0 Å². The van der Waals surface area contributed by atoms with Crippen LogP contribution in [0.2, 0.25) is 0 Å². The Kier molecular flexibility index (Phi) is 3.54. The summed E-state index contributed by atoms with van der Waals surface area (Å²) >= 11 is 0. The van der Waals surface area contributed by atoms with Crippen molar-refractivity contribution in [2.24, 2.45) is 0 Å². The van der Waals surface area contributed by atoms with Crippen molar-refractivity contribution in [2.75, 3.05) is 0 Å². The normalized spacial score (nSPS) is 23.6. The zero-order valence-corrected chi connectivity index (χ0v) is 10.4. The van der Waals surface area contributed by atoms with E-state index in [4.69, 9.17) is 0 Å². The van der Waals surface area contributed by atoms with Gasteiger partial charge in [-0.1, -0.05) is 12.1 Å². The van der Waals surface area contributed by atoms with Gasteiger partial charge in [-0.15, -0.1) is 0 Å². The standard InChI is InChI=1S/C13H12F3NO3/c14-13(15,16)10-6-4-9(5-7-10)12(17(19)20)8-2-1-3-11(12)18/h4-7H,1-3,8H2. The van der Waals surface area contributed by atoms with Gasteiger partial charge in [0.05, 0.1) is 5.56 Å². The van der Waals surface area contributed by atoms with Crippen LogP contribution in [0.15, 0.2) is 24.3 Å². The number of alkyl halides is 3. The molecule has 20 heavy (non-hydrogen) atoms. The lowest BCUT2D eigenvalue weighted by Gasteiger charge is -2.28. The molecule has 1 unspecified atom stereocenters. The number of carbonyl (C=O) groups excluding carboxylic acids is 1. The van der Waals surface area contributed by atoms with E-state index in [1.165, 1.54) is 0 Å². The Bertz CT molecular complexity index is 539. The maximum atomic E-state index is 12.5. The average Bonchev–Trinajstić information content (AvgIpc) is 2.38. The molecule has 0 N–H and O–H groups in total. The van der Waals surface area contributed by atoms with Gasteiger partial charge in [0.25, 0.3) is 0 Å². The number of ketones is 1. The summed E-state index contributed by atoms with van der Waals surface area (Å²) in [5, 5.41) is 11.3. The van der Waals surface area contributed by atoms with Gasteiger partial charge in [-0.3, -0.25) is 14.9 Å². The Morgan fingerprint density at radius 3 is 2.20 bits per heavy atom. The first-order valence-electron chi connectivity index (χ1n) is 6.14. The Labute approximate surface area is 112 Å². The number of rotatable bonds is 2. The molecule has 1 aromatic rings. The maximum absolute atomic E-state index is 12.5. The molecule has 1 aromatic carbocycles. The number of nitro groups is 1. The van der Waals surface area contributed by atoms with Gasteiger partial charge in [0.1, 0.15) is 0 Å². The van der Waals surface area contributed by atoms with E-state index in [-0.39, 0.29) is 18.4 Å². The molecule has 0 aliphatic heterocycles. The quantitative estimate of drug-likeness (QED) is 0.619. The highest BCUT2D eigenvalue weighted by atomic mass is 19.4. The minimum absolute atomic E-state index is 0.0280. The SMILES string of the molecule is O=C1CCCCC1(c1ccc(C(F)(F)F)cc1)[N+](=O)[O-]. The van der Waals surface area contributed by atoms with Crippen LogP contribution in [0, 0.1) is 10.1 Å². The molecule has 1 aliphatic carbocycles. The van der Waals surface area contributed by atoms with Gasteiger partial charge >= 0.3 is 11.7 Å². The number of hydrogen-bond acceptors (Lipinski definition) is 3. The van der Waals surface area contributed by atoms with Crippen LogP contribution in [0.5, 0.6) is 0 Å². The smallest absolute Gasteiger partial charge is 0.291 e. The first-order chi connectivity index (χ1) is 9.28. The molecule has 0 heterocycles. The fraction of sp³-hybridized carbons (Fsp3) is 0.462. The largest absolute Gasteiger partial charge is 0.416 e. The van der Waals surface area contributed by atoms with E-state index in [2.05, 4.69) is 0 Å². The first kappa shape index (κ1) is 14.5. The van der Waals surface area contributed by atoms with E-state index in [1.54, 1.807) is 0 Å². The fourth-order valence-corrected chi connectivity index (χ4v) is 2.55. The van der Waals surface area contributed by atoms with Crippen LogP contribution in [0.3, 0.4) is 0 Å². The van der Waals surface area contributed by atoms with Gasteiger partial charge in [-0.2, -0.15) is 13.2 Å². The summed E-state index contributed by atoms with van der Waals surface area (Å²) in [5.41, 5.74) is -2.74. The summed E-state index contributed by atoms with van der Waals surface area (Å²) in [7, 11) is 0. The van der Waals surface area contributed by atoms with Crippen LogP contribution in [0.4, 0.5) is 13.2 Å². The summed E-state index contributed by atoms with van der Waals surface area (Å²) in [5.74, 6) is -0.534. The van der Waals surface area contributed by atoms with Crippen molar-refractivity contribution in [1.29, 1.82) is 0 Å². The second-order valence-corrected chi connectivity index (χ2v) is 4.82. The molecule has 4 nitrogen and oxygen atoms in total. The summed E-state index contributed by atoms with van der Waals surface area (Å²) in [6, 6.07) is 3.63. The number of halogens is 3. The lowest BCUT2D eigenvalue weighted by molar-refractivity contribution is -0.563. The number of carbonyl (C=O) groups is 1. The van der Waals surface area contributed by atoms with E-state index < -0.39 is 28.0 Å². The van der Waals surface area contributed by atoms with Crippen molar-refractivity contribution in [1.82, 2.24) is 0 Å². The minimum atomic E-state index is -4.50. The van der Waals surface area contributed by atoms with Crippen molar-refractivity contribution in [3.8, 4) is 0 Å². The second-order valence-electron chi connectivity index (χ2n) is 4.82. The highest BCUT2D eigenvalue weighted by Crippen LogP contribution is 2.38. The van der Waals surface area contributed by atoms with E-state index in [1.807, 2.05) is 0 Å². The number of Topliss-reactive ketones (excluding diaryl/α,β-unsaturated/α-hetero) is 1. The molecule has 0 radical (unpaired) electrons. The Morgan fingerprint density at radius 2 is 1.75 bits per heavy atom. The number of benzene rings is 1. The summed E-state index contributed by atoms with van der Waals surface area (Å²) in [6.45, 7) is 0. The molecule has 1 aliphatic rings. The van der Waals surface area contributed by atoms with E-state index in [0.717, 1.165) is 24.3 Å². The third-order valence-electron chi connectivity index (χ3n) is 3.66. The lowest BCUT2D eigenvalue weighted by Crippen LogP contribution is -2.45. The zero-order valence-electron chi connectivity index (χ0n) is 10.4. The molecular formula is C13H12F3NO3. The van der Waals surface area contributed by atoms with Crippen LogP contribution in [-0.2, 0) is 16.5 Å². The molecule has 1 fully saturated rings. The monoisotopic (exact) mass is 287 g/mol. The fourth-order valence-electron chi connectivity index (χ4n) is 2.55. The van der Waals surface area contributed by atoms with Gasteiger partial charge < -0.3 is 0 Å². The Balaban J connectivity index is 2.46. The van der Waals surface area contributed by atoms with Gasteiger partial charge in [0.15, 0.2) is 0 Å².